The zero-order chi connectivity index (χ0) is 19.0. The van der Waals surface area contributed by atoms with E-state index in [1.54, 1.807) is 38.4 Å². The van der Waals surface area contributed by atoms with E-state index in [4.69, 9.17) is 4.74 Å². The number of ether oxygens (including phenoxy) is 1. The first-order chi connectivity index (χ1) is 11.7. The van der Waals surface area contributed by atoms with Crippen LogP contribution in [0.15, 0.2) is 24.3 Å². The van der Waals surface area contributed by atoms with Crippen molar-refractivity contribution in [3.63, 3.8) is 0 Å². The Morgan fingerprint density at radius 2 is 1.68 bits per heavy atom. The van der Waals surface area contributed by atoms with Gasteiger partial charge in [0.15, 0.2) is 0 Å². The second-order valence-electron chi connectivity index (χ2n) is 5.35. The van der Waals surface area contributed by atoms with Gasteiger partial charge in [-0.05, 0) is 36.0 Å². The number of benzene rings is 1. The van der Waals surface area contributed by atoms with Crippen LogP contribution in [0.1, 0.15) is 13.8 Å². The maximum atomic E-state index is 12.0. The van der Waals surface area contributed by atoms with Crippen LogP contribution >= 0.6 is 11.8 Å². The maximum absolute atomic E-state index is 12.0. The van der Waals surface area contributed by atoms with Gasteiger partial charge in [-0.25, -0.2) is 4.79 Å². The Kier molecular flexibility index (Phi) is 7.93. The summed E-state index contributed by atoms with van der Waals surface area (Å²) in [6.07, 6.45) is 0. The van der Waals surface area contributed by atoms with Crippen molar-refractivity contribution in [1.82, 2.24) is 10.2 Å². The minimum absolute atomic E-state index is 0.0550. The summed E-state index contributed by atoms with van der Waals surface area (Å²) in [7, 11) is 3.13. The fraction of sp³-hybridized carbons (Fsp3) is 0.375. The number of carbonyl (C=O) groups is 4. The Morgan fingerprint density at radius 3 is 2.16 bits per heavy atom. The Labute approximate surface area is 150 Å². The summed E-state index contributed by atoms with van der Waals surface area (Å²) in [5, 5.41) is 4.50. The summed E-state index contributed by atoms with van der Waals surface area (Å²) < 4.78 is 5.14. The van der Waals surface area contributed by atoms with E-state index in [1.165, 1.54) is 18.7 Å². The van der Waals surface area contributed by atoms with Gasteiger partial charge in [0.2, 0.25) is 17.7 Å². The Morgan fingerprint density at radius 1 is 1.08 bits per heavy atom. The van der Waals surface area contributed by atoms with Gasteiger partial charge in [0, 0.05) is 39.4 Å². The molecule has 25 heavy (non-hydrogen) atoms. The molecule has 0 aliphatic heterocycles. The molecule has 2 N–H and O–H groups in total. The van der Waals surface area contributed by atoms with E-state index in [-0.39, 0.29) is 23.5 Å². The van der Waals surface area contributed by atoms with Crippen molar-refractivity contribution >= 4 is 40.5 Å². The molecule has 1 atom stereocenters. The van der Waals surface area contributed by atoms with Crippen LogP contribution in [0.2, 0.25) is 0 Å². The first-order valence-corrected chi connectivity index (χ1v) is 8.38. The van der Waals surface area contributed by atoms with Crippen molar-refractivity contribution in [1.29, 1.82) is 0 Å². The van der Waals surface area contributed by atoms with E-state index in [0.29, 0.717) is 11.4 Å². The summed E-state index contributed by atoms with van der Waals surface area (Å²) in [6.45, 7) is 2.70. The first-order valence-electron chi connectivity index (χ1n) is 7.39. The molecule has 1 rings (SSSR count). The minimum atomic E-state index is -0.813. The van der Waals surface area contributed by atoms with Crippen LogP contribution in [0, 0.1) is 0 Å². The highest BCUT2D eigenvalue weighted by Crippen LogP contribution is 2.18. The molecular weight excluding hydrogens is 346 g/mol. The third kappa shape index (κ3) is 7.71. The summed E-state index contributed by atoms with van der Waals surface area (Å²) in [4.78, 5) is 47.3. The molecule has 9 heteroatoms. The number of amides is 3. The molecule has 1 aromatic rings. The van der Waals surface area contributed by atoms with E-state index in [1.807, 2.05) is 0 Å². The van der Waals surface area contributed by atoms with Crippen molar-refractivity contribution in [2.24, 2.45) is 0 Å². The number of likely N-dealkylation sites (N-methyl/N-ethyl adjacent to an activating group) is 1. The lowest BCUT2D eigenvalue weighted by Gasteiger charge is -2.20. The minimum Gasteiger partial charge on any atom is -0.418 e. The number of anilines is 1. The molecule has 0 aliphatic rings. The van der Waals surface area contributed by atoms with Crippen LogP contribution in [0.4, 0.5) is 10.5 Å². The van der Waals surface area contributed by atoms with Crippen molar-refractivity contribution in [2.45, 2.75) is 19.9 Å². The second kappa shape index (κ2) is 9.67. The first kappa shape index (κ1) is 20.5. The fourth-order valence-corrected chi connectivity index (χ4v) is 2.50. The molecule has 0 aromatic heterocycles. The topological polar surface area (TPSA) is 105 Å². The largest absolute Gasteiger partial charge is 0.418 e. The lowest BCUT2D eigenvalue weighted by atomic mass is 10.3. The molecule has 8 nitrogen and oxygen atoms in total. The van der Waals surface area contributed by atoms with Gasteiger partial charge in [0.25, 0.3) is 0 Å². The molecule has 136 valence electrons. The lowest BCUT2D eigenvalue weighted by Crippen LogP contribution is -2.47. The molecule has 1 aromatic carbocycles. The van der Waals surface area contributed by atoms with Crippen molar-refractivity contribution in [3.05, 3.63) is 24.3 Å². The number of thioether (sulfide) groups is 1. The van der Waals surface area contributed by atoms with Crippen LogP contribution < -0.4 is 15.4 Å². The third-order valence-electron chi connectivity index (χ3n) is 2.86. The van der Waals surface area contributed by atoms with Gasteiger partial charge in [-0.15, -0.1) is 0 Å². The predicted octanol–water partition coefficient (Wildman–Crippen LogP) is 1.47. The van der Waals surface area contributed by atoms with Crippen molar-refractivity contribution in [2.75, 3.05) is 25.2 Å². The second-order valence-corrected chi connectivity index (χ2v) is 6.31. The van der Waals surface area contributed by atoms with E-state index >= 15 is 0 Å². The van der Waals surface area contributed by atoms with Crippen LogP contribution in [0.5, 0.6) is 5.75 Å². The van der Waals surface area contributed by atoms with Crippen LogP contribution in [-0.4, -0.2) is 53.8 Å². The molecule has 3 amide bonds. The van der Waals surface area contributed by atoms with E-state index in [2.05, 4.69) is 10.6 Å². The van der Waals surface area contributed by atoms with E-state index in [9.17, 15) is 19.2 Å². The van der Waals surface area contributed by atoms with E-state index in [0.717, 1.165) is 11.8 Å². The molecule has 0 unspecified atom stereocenters. The van der Waals surface area contributed by atoms with Crippen LogP contribution in [0.3, 0.4) is 0 Å². The van der Waals surface area contributed by atoms with Gasteiger partial charge in [-0.1, -0.05) is 0 Å². The highest BCUT2D eigenvalue weighted by Gasteiger charge is 2.23. The normalized spacial score (nSPS) is 11.2. The van der Waals surface area contributed by atoms with Gasteiger partial charge in [-0.2, -0.15) is 0 Å². The maximum Gasteiger partial charge on any atom is 0.372 e. The lowest BCUT2D eigenvalue weighted by molar-refractivity contribution is -0.133. The number of rotatable bonds is 6. The highest BCUT2D eigenvalue weighted by molar-refractivity contribution is 8.13. The molecule has 0 aliphatic carbocycles. The standard InChI is InChI=1S/C16H21N3O5S/c1-10(20)17-12-5-7-13(8-6-12)24-16(23)25-9-14(18-11(2)21)15(22)19(3)4/h5-8,14H,9H2,1-4H3,(H,17,20)(H,18,21)/t14-/m0/s1. The Hall–Kier alpha value is -2.55. The van der Waals surface area contributed by atoms with Crippen molar-refractivity contribution in [3.8, 4) is 5.75 Å². The molecule has 0 spiro atoms. The summed E-state index contributed by atoms with van der Waals surface area (Å²) >= 11 is 0.789. The summed E-state index contributed by atoms with van der Waals surface area (Å²) in [5.41, 5.74) is 0.585. The SMILES string of the molecule is CC(=O)Nc1ccc(OC(=O)SC[C@H](NC(C)=O)C(=O)N(C)C)cc1. The average Bonchev–Trinajstić information content (AvgIpc) is 2.51. The molecule has 0 fully saturated rings. The van der Waals surface area contributed by atoms with E-state index < -0.39 is 11.3 Å². The number of carbonyl (C=O) groups excluding carboxylic acids is 4. The number of nitrogens with zero attached hydrogens (tertiary/aromatic N) is 1. The van der Waals surface area contributed by atoms with Crippen molar-refractivity contribution < 1.29 is 23.9 Å². The highest BCUT2D eigenvalue weighted by atomic mass is 32.2. The molecule has 0 heterocycles. The fourth-order valence-electron chi connectivity index (χ4n) is 1.82. The Balaban J connectivity index is 2.58. The van der Waals surface area contributed by atoms with Crippen LogP contribution in [0.25, 0.3) is 0 Å². The molecule has 0 radical (unpaired) electrons. The third-order valence-corrected chi connectivity index (χ3v) is 3.68. The average molecular weight is 367 g/mol. The number of hydrogen-bond donors (Lipinski definition) is 2. The summed E-state index contributed by atoms with van der Waals surface area (Å²) in [5.74, 6) is -0.506. The predicted molar refractivity (Wildman–Crippen MR) is 95.5 cm³/mol. The Bertz CT molecular complexity index is 646. The van der Waals surface area contributed by atoms with Crippen LogP contribution in [-0.2, 0) is 14.4 Å². The zero-order valence-electron chi connectivity index (χ0n) is 14.5. The number of nitrogens with one attached hydrogen (secondary N) is 2. The van der Waals surface area contributed by atoms with Gasteiger partial charge in [0.1, 0.15) is 11.8 Å². The molecule has 0 saturated carbocycles. The zero-order valence-corrected chi connectivity index (χ0v) is 15.3. The van der Waals surface area contributed by atoms with Gasteiger partial charge >= 0.3 is 5.30 Å². The monoisotopic (exact) mass is 367 g/mol. The van der Waals surface area contributed by atoms with Gasteiger partial charge < -0.3 is 20.3 Å². The van der Waals surface area contributed by atoms with Gasteiger partial charge in [-0.3, -0.25) is 14.4 Å². The molecular formula is C16H21N3O5S. The molecule has 0 bridgehead atoms. The summed E-state index contributed by atoms with van der Waals surface area (Å²) in [6, 6.07) is 5.47. The molecule has 0 saturated heterocycles. The van der Waals surface area contributed by atoms with Gasteiger partial charge in [0.05, 0.1) is 0 Å². The number of hydrogen-bond acceptors (Lipinski definition) is 6. The smallest absolute Gasteiger partial charge is 0.372 e. The quantitative estimate of drug-likeness (QED) is 0.738.